The number of aliphatic hydroxyl groups is 1. The van der Waals surface area contributed by atoms with Gasteiger partial charge in [-0.25, -0.2) is 0 Å². The standard InChI is InChI=1S/C15H20BrNO2/c1-15(2,12-4-3-5-13(16)8-12)14(19)17-7-6-11(9-17)10-18/h3-5,8,11,18H,6-7,9-10H2,1-2H3. The van der Waals surface area contributed by atoms with Crippen LogP contribution in [0.2, 0.25) is 0 Å². The number of nitrogens with zero attached hydrogens (tertiary/aromatic N) is 1. The first-order valence-electron chi connectivity index (χ1n) is 6.61. The minimum Gasteiger partial charge on any atom is -0.396 e. The van der Waals surface area contributed by atoms with Gasteiger partial charge in [0.2, 0.25) is 5.91 Å². The van der Waals surface area contributed by atoms with Crippen molar-refractivity contribution in [2.75, 3.05) is 19.7 Å². The Morgan fingerprint density at radius 2 is 2.26 bits per heavy atom. The Morgan fingerprint density at radius 1 is 1.53 bits per heavy atom. The molecule has 0 radical (unpaired) electrons. The van der Waals surface area contributed by atoms with Crippen LogP contribution in [-0.2, 0) is 10.2 Å². The van der Waals surface area contributed by atoms with Crippen LogP contribution in [0.1, 0.15) is 25.8 Å². The summed E-state index contributed by atoms with van der Waals surface area (Å²) >= 11 is 3.45. The molecule has 104 valence electrons. The highest BCUT2D eigenvalue weighted by Crippen LogP contribution is 2.30. The van der Waals surface area contributed by atoms with Crippen LogP contribution < -0.4 is 0 Å². The van der Waals surface area contributed by atoms with Gasteiger partial charge >= 0.3 is 0 Å². The van der Waals surface area contributed by atoms with E-state index in [1.165, 1.54) is 0 Å². The van der Waals surface area contributed by atoms with Crippen molar-refractivity contribution in [1.82, 2.24) is 4.90 Å². The third-order valence-electron chi connectivity index (χ3n) is 3.91. The number of carbonyl (C=O) groups excluding carboxylic acids is 1. The predicted molar refractivity (Wildman–Crippen MR) is 78.9 cm³/mol. The maximum absolute atomic E-state index is 12.7. The Bertz CT molecular complexity index is 473. The molecular weight excluding hydrogens is 306 g/mol. The molecule has 1 aromatic rings. The largest absolute Gasteiger partial charge is 0.396 e. The van der Waals surface area contributed by atoms with Crippen LogP contribution in [0.5, 0.6) is 0 Å². The molecule has 0 spiro atoms. The zero-order valence-corrected chi connectivity index (χ0v) is 13.0. The summed E-state index contributed by atoms with van der Waals surface area (Å²) in [4.78, 5) is 14.5. The first-order chi connectivity index (χ1) is 8.95. The van der Waals surface area contributed by atoms with Crippen LogP contribution in [0.25, 0.3) is 0 Å². The smallest absolute Gasteiger partial charge is 0.232 e. The Morgan fingerprint density at radius 3 is 2.84 bits per heavy atom. The van der Waals surface area contributed by atoms with Crippen molar-refractivity contribution in [3.63, 3.8) is 0 Å². The number of carbonyl (C=O) groups is 1. The average molecular weight is 326 g/mol. The third-order valence-corrected chi connectivity index (χ3v) is 4.41. The molecule has 1 saturated heterocycles. The molecule has 1 unspecified atom stereocenters. The molecule has 1 fully saturated rings. The summed E-state index contributed by atoms with van der Waals surface area (Å²) in [6.45, 7) is 5.52. The van der Waals surface area contributed by atoms with Crippen molar-refractivity contribution >= 4 is 21.8 Å². The van der Waals surface area contributed by atoms with Crippen molar-refractivity contribution in [3.8, 4) is 0 Å². The van der Waals surface area contributed by atoms with Gasteiger partial charge in [-0.1, -0.05) is 28.1 Å². The number of benzene rings is 1. The van der Waals surface area contributed by atoms with E-state index < -0.39 is 5.41 Å². The number of likely N-dealkylation sites (tertiary alicyclic amines) is 1. The molecule has 1 atom stereocenters. The van der Waals surface area contributed by atoms with E-state index in [1.54, 1.807) is 0 Å². The van der Waals surface area contributed by atoms with Crippen LogP contribution in [0.3, 0.4) is 0 Å². The van der Waals surface area contributed by atoms with E-state index in [9.17, 15) is 9.90 Å². The third kappa shape index (κ3) is 3.00. The molecule has 1 amide bonds. The molecule has 2 rings (SSSR count). The maximum atomic E-state index is 12.7. The molecule has 0 aliphatic carbocycles. The maximum Gasteiger partial charge on any atom is 0.232 e. The molecule has 0 saturated carbocycles. The van der Waals surface area contributed by atoms with Crippen LogP contribution in [0.15, 0.2) is 28.7 Å². The minimum absolute atomic E-state index is 0.140. The first-order valence-corrected chi connectivity index (χ1v) is 7.40. The SMILES string of the molecule is CC(C)(C(=O)N1CCC(CO)C1)c1cccc(Br)c1. The lowest BCUT2D eigenvalue weighted by Crippen LogP contribution is -2.42. The van der Waals surface area contributed by atoms with Crippen LogP contribution >= 0.6 is 15.9 Å². The lowest BCUT2D eigenvalue weighted by Gasteiger charge is -2.30. The van der Waals surface area contributed by atoms with Gasteiger partial charge in [-0.2, -0.15) is 0 Å². The lowest BCUT2D eigenvalue weighted by atomic mass is 9.83. The van der Waals surface area contributed by atoms with Gasteiger partial charge in [0.25, 0.3) is 0 Å². The zero-order valence-electron chi connectivity index (χ0n) is 11.4. The molecule has 3 nitrogen and oxygen atoms in total. The Balaban J connectivity index is 2.17. The summed E-state index contributed by atoms with van der Waals surface area (Å²) < 4.78 is 0.987. The van der Waals surface area contributed by atoms with E-state index >= 15 is 0 Å². The van der Waals surface area contributed by atoms with Crippen LogP contribution in [0, 0.1) is 5.92 Å². The second-order valence-electron chi connectivity index (χ2n) is 5.72. The quantitative estimate of drug-likeness (QED) is 0.927. The fourth-order valence-corrected chi connectivity index (χ4v) is 2.96. The molecule has 0 aromatic heterocycles. The predicted octanol–water partition coefficient (Wildman–Crippen LogP) is 2.57. The molecule has 1 aliphatic rings. The van der Waals surface area contributed by atoms with Crippen molar-refractivity contribution < 1.29 is 9.90 Å². The molecule has 19 heavy (non-hydrogen) atoms. The van der Waals surface area contributed by atoms with Crippen molar-refractivity contribution in [1.29, 1.82) is 0 Å². The topological polar surface area (TPSA) is 40.5 Å². The summed E-state index contributed by atoms with van der Waals surface area (Å²) in [5.74, 6) is 0.379. The number of amides is 1. The average Bonchev–Trinajstić information content (AvgIpc) is 2.86. The van der Waals surface area contributed by atoms with Gasteiger partial charge in [0.15, 0.2) is 0 Å². The summed E-state index contributed by atoms with van der Waals surface area (Å²) in [6.07, 6.45) is 0.900. The van der Waals surface area contributed by atoms with Gasteiger partial charge in [0.1, 0.15) is 0 Å². The Labute approximate surface area is 122 Å². The van der Waals surface area contributed by atoms with E-state index in [1.807, 2.05) is 43.0 Å². The molecule has 1 aliphatic heterocycles. The van der Waals surface area contributed by atoms with Gasteiger partial charge in [-0.15, -0.1) is 0 Å². The summed E-state index contributed by atoms with van der Waals surface area (Å²) in [6, 6.07) is 7.90. The van der Waals surface area contributed by atoms with E-state index in [0.717, 1.165) is 23.0 Å². The Kier molecular flexibility index (Phi) is 4.31. The zero-order chi connectivity index (χ0) is 14.0. The summed E-state index contributed by atoms with van der Waals surface area (Å²) in [5.41, 5.74) is 0.480. The molecule has 0 bridgehead atoms. The normalized spacial score (nSPS) is 19.8. The summed E-state index contributed by atoms with van der Waals surface area (Å²) in [7, 11) is 0. The second-order valence-corrected chi connectivity index (χ2v) is 6.64. The second kappa shape index (κ2) is 5.63. The molecular formula is C15H20BrNO2. The highest BCUT2D eigenvalue weighted by atomic mass is 79.9. The fourth-order valence-electron chi connectivity index (χ4n) is 2.56. The molecule has 1 heterocycles. The van der Waals surface area contributed by atoms with Crippen molar-refractivity contribution in [2.24, 2.45) is 5.92 Å². The monoisotopic (exact) mass is 325 g/mol. The summed E-state index contributed by atoms with van der Waals surface area (Å²) in [5, 5.41) is 9.18. The number of hydrogen-bond donors (Lipinski definition) is 1. The molecule has 4 heteroatoms. The minimum atomic E-state index is -0.534. The highest BCUT2D eigenvalue weighted by molar-refractivity contribution is 9.10. The van der Waals surface area contributed by atoms with E-state index in [0.29, 0.717) is 6.54 Å². The number of rotatable bonds is 3. The van der Waals surface area contributed by atoms with E-state index in [-0.39, 0.29) is 18.4 Å². The first kappa shape index (κ1) is 14.5. The van der Waals surface area contributed by atoms with Crippen molar-refractivity contribution in [2.45, 2.75) is 25.7 Å². The van der Waals surface area contributed by atoms with Crippen LogP contribution in [-0.4, -0.2) is 35.6 Å². The van der Waals surface area contributed by atoms with Crippen molar-refractivity contribution in [3.05, 3.63) is 34.3 Å². The van der Waals surface area contributed by atoms with Gasteiger partial charge in [-0.05, 0) is 38.0 Å². The number of aliphatic hydroxyl groups excluding tert-OH is 1. The molecule has 1 N–H and O–H groups in total. The Hall–Kier alpha value is -0.870. The van der Waals surface area contributed by atoms with Gasteiger partial charge < -0.3 is 10.0 Å². The van der Waals surface area contributed by atoms with E-state index in [2.05, 4.69) is 15.9 Å². The van der Waals surface area contributed by atoms with Gasteiger partial charge in [0.05, 0.1) is 5.41 Å². The number of halogens is 1. The van der Waals surface area contributed by atoms with E-state index in [4.69, 9.17) is 0 Å². The van der Waals surface area contributed by atoms with Gasteiger partial charge in [-0.3, -0.25) is 4.79 Å². The molecule has 1 aromatic carbocycles. The van der Waals surface area contributed by atoms with Crippen LogP contribution in [0.4, 0.5) is 0 Å². The highest BCUT2D eigenvalue weighted by Gasteiger charge is 2.36. The van der Waals surface area contributed by atoms with Gasteiger partial charge in [0, 0.05) is 30.1 Å². The number of hydrogen-bond acceptors (Lipinski definition) is 2. The fraction of sp³-hybridized carbons (Fsp3) is 0.533. The lowest BCUT2D eigenvalue weighted by molar-refractivity contribution is -0.135.